The number of aromatic nitrogens is 4. The maximum Gasteiger partial charge on any atom is 0.254 e. The Labute approximate surface area is 205 Å². The third-order valence-corrected chi connectivity index (χ3v) is 7.47. The molecule has 4 heterocycles. The summed E-state index contributed by atoms with van der Waals surface area (Å²) in [4.78, 5) is 45.9. The van der Waals surface area contributed by atoms with E-state index < -0.39 is 0 Å². The molecule has 0 radical (unpaired) electrons. The smallest absolute Gasteiger partial charge is 0.254 e. The third kappa shape index (κ3) is 5.45. The van der Waals surface area contributed by atoms with Crippen molar-refractivity contribution in [2.75, 3.05) is 26.2 Å². The molecule has 0 bridgehead atoms. The largest absolute Gasteiger partial charge is 0.347 e. The molecule has 2 aliphatic rings. The number of hydrogen-bond donors (Lipinski definition) is 2. The van der Waals surface area contributed by atoms with Crippen LogP contribution in [0.3, 0.4) is 0 Å². The summed E-state index contributed by atoms with van der Waals surface area (Å²) in [5, 5.41) is 0. The van der Waals surface area contributed by atoms with Gasteiger partial charge < -0.3 is 19.8 Å². The van der Waals surface area contributed by atoms with Crippen molar-refractivity contribution >= 4 is 11.8 Å². The minimum Gasteiger partial charge on any atom is -0.347 e. The van der Waals surface area contributed by atoms with Crippen molar-refractivity contribution < 1.29 is 9.59 Å². The molecule has 2 aromatic heterocycles. The van der Waals surface area contributed by atoms with E-state index in [1.165, 1.54) is 12.0 Å². The average Bonchev–Trinajstić information content (AvgIpc) is 3.63. The summed E-state index contributed by atoms with van der Waals surface area (Å²) in [6.07, 6.45) is 10.3. The second kappa shape index (κ2) is 10.0. The number of piperidine rings is 1. The lowest BCUT2D eigenvalue weighted by Gasteiger charge is -2.39. The van der Waals surface area contributed by atoms with Gasteiger partial charge in [-0.25, -0.2) is 9.97 Å². The molecule has 3 aromatic rings. The number of rotatable bonds is 7. The quantitative estimate of drug-likeness (QED) is 0.547. The van der Waals surface area contributed by atoms with Crippen LogP contribution in [0.2, 0.25) is 0 Å². The number of amides is 2. The number of nitrogens with zero attached hydrogens (tertiary/aromatic N) is 5. The fraction of sp³-hybridized carbons (Fsp3) is 0.462. The van der Waals surface area contributed by atoms with Gasteiger partial charge in [-0.05, 0) is 48.9 Å². The van der Waals surface area contributed by atoms with Gasteiger partial charge in [0.1, 0.15) is 11.6 Å². The Hall–Kier alpha value is -3.46. The normalized spacial score (nSPS) is 17.7. The number of hydrogen-bond acceptors (Lipinski definition) is 5. The second-order valence-electron chi connectivity index (χ2n) is 9.90. The number of H-pyrrole nitrogens is 2. The molecule has 9 nitrogen and oxygen atoms in total. The predicted molar refractivity (Wildman–Crippen MR) is 131 cm³/mol. The van der Waals surface area contributed by atoms with E-state index in [4.69, 9.17) is 0 Å². The van der Waals surface area contributed by atoms with Crippen molar-refractivity contribution in [3.8, 4) is 0 Å². The second-order valence-corrected chi connectivity index (χ2v) is 9.90. The van der Waals surface area contributed by atoms with Crippen LogP contribution in [0.4, 0.5) is 0 Å². The molecule has 0 atom stereocenters. The standard InChI is InChI=1S/C26H33N7O2/c1-20(34)32-14-7-26(8-15-32)6-13-31(19-26)16-21-2-4-22(5-3-21)25(35)33(17-23-27-9-10-28-23)18-24-29-11-12-30-24/h2-5,9-12H,6-8,13-19H2,1H3,(H,27,28)(H,29,30). The van der Waals surface area contributed by atoms with Crippen LogP contribution < -0.4 is 0 Å². The zero-order chi connectivity index (χ0) is 24.3. The van der Waals surface area contributed by atoms with Gasteiger partial charge in [-0.1, -0.05) is 12.1 Å². The number of benzene rings is 1. The fourth-order valence-electron chi connectivity index (χ4n) is 5.39. The lowest BCUT2D eigenvalue weighted by molar-refractivity contribution is -0.131. The molecule has 1 aromatic carbocycles. The molecule has 9 heteroatoms. The van der Waals surface area contributed by atoms with Crippen LogP contribution in [-0.2, 0) is 24.4 Å². The zero-order valence-electron chi connectivity index (χ0n) is 20.2. The van der Waals surface area contributed by atoms with Gasteiger partial charge >= 0.3 is 0 Å². The van der Waals surface area contributed by atoms with Crippen molar-refractivity contribution in [3.05, 3.63) is 71.8 Å². The summed E-state index contributed by atoms with van der Waals surface area (Å²) in [5.41, 5.74) is 2.21. The van der Waals surface area contributed by atoms with Crippen molar-refractivity contribution in [3.63, 3.8) is 0 Å². The SMILES string of the molecule is CC(=O)N1CCC2(CCN(Cc3ccc(C(=O)N(Cc4ncc[nH]4)Cc4ncc[nH]4)cc3)C2)CC1. The zero-order valence-corrected chi connectivity index (χ0v) is 20.2. The molecule has 2 amide bonds. The maximum atomic E-state index is 13.3. The molecule has 0 saturated carbocycles. The molecule has 2 N–H and O–H groups in total. The third-order valence-electron chi connectivity index (χ3n) is 7.47. The Morgan fingerprint density at radius 2 is 1.54 bits per heavy atom. The number of aromatic amines is 2. The van der Waals surface area contributed by atoms with Gasteiger partial charge in [0, 0.05) is 63.5 Å². The lowest BCUT2D eigenvalue weighted by atomic mass is 9.78. The molecule has 1 spiro atoms. The molecule has 0 aliphatic carbocycles. The van der Waals surface area contributed by atoms with Crippen molar-refractivity contribution in [2.45, 2.75) is 45.8 Å². The highest BCUT2D eigenvalue weighted by Crippen LogP contribution is 2.40. The lowest BCUT2D eigenvalue weighted by Crippen LogP contribution is -2.43. The van der Waals surface area contributed by atoms with Gasteiger partial charge in [-0.3, -0.25) is 14.5 Å². The summed E-state index contributed by atoms with van der Waals surface area (Å²) in [6, 6.07) is 7.97. The molecular weight excluding hydrogens is 442 g/mol. The molecule has 184 valence electrons. The molecule has 2 fully saturated rings. The van der Waals surface area contributed by atoms with E-state index in [2.05, 4.69) is 37.0 Å². The van der Waals surface area contributed by atoms with Crippen molar-refractivity contribution in [1.82, 2.24) is 34.6 Å². The van der Waals surface area contributed by atoms with E-state index in [0.717, 1.165) is 57.2 Å². The first-order valence-corrected chi connectivity index (χ1v) is 12.3. The van der Waals surface area contributed by atoms with Gasteiger partial charge in [0.25, 0.3) is 5.91 Å². The number of likely N-dealkylation sites (tertiary alicyclic amines) is 2. The molecule has 2 saturated heterocycles. The topological polar surface area (TPSA) is 101 Å². The molecular formula is C26H33N7O2. The Morgan fingerprint density at radius 3 is 2.09 bits per heavy atom. The Kier molecular flexibility index (Phi) is 6.68. The number of nitrogens with one attached hydrogen (secondary N) is 2. The summed E-state index contributed by atoms with van der Waals surface area (Å²) in [5.74, 6) is 1.61. The minimum atomic E-state index is -0.0540. The highest BCUT2D eigenvalue weighted by atomic mass is 16.2. The monoisotopic (exact) mass is 475 g/mol. The van der Waals surface area contributed by atoms with Crippen LogP contribution in [0, 0.1) is 5.41 Å². The van der Waals surface area contributed by atoms with E-state index in [0.29, 0.717) is 24.1 Å². The Bertz CT molecular complexity index is 1080. The Morgan fingerprint density at radius 1 is 0.943 bits per heavy atom. The highest BCUT2D eigenvalue weighted by Gasteiger charge is 2.40. The van der Waals surface area contributed by atoms with Crippen molar-refractivity contribution in [2.24, 2.45) is 5.41 Å². The first-order valence-electron chi connectivity index (χ1n) is 12.3. The van der Waals surface area contributed by atoms with Gasteiger partial charge in [0.15, 0.2) is 0 Å². The maximum absolute atomic E-state index is 13.3. The summed E-state index contributed by atoms with van der Waals surface area (Å²) >= 11 is 0. The molecule has 0 unspecified atom stereocenters. The highest BCUT2D eigenvalue weighted by molar-refractivity contribution is 5.94. The van der Waals surface area contributed by atoms with E-state index in [1.54, 1.807) is 36.6 Å². The summed E-state index contributed by atoms with van der Waals surface area (Å²) in [6.45, 7) is 7.24. The van der Waals surface area contributed by atoms with E-state index in [-0.39, 0.29) is 11.8 Å². The Balaban J connectivity index is 1.20. The molecule has 35 heavy (non-hydrogen) atoms. The summed E-state index contributed by atoms with van der Waals surface area (Å²) < 4.78 is 0. The molecule has 5 rings (SSSR count). The number of carbonyl (C=O) groups excluding carboxylic acids is 2. The average molecular weight is 476 g/mol. The van der Waals surface area contributed by atoms with Crippen LogP contribution >= 0.6 is 0 Å². The molecule has 2 aliphatic heterocycles. The van der Waals surface area contributed by atoms with Gasteiger partial charge in [0.2, 0.25) is 5.91 Å². The van der Waals surface area contributed by atoms with E-state index >= 15 is 0 Å². The predicted octanol–water partition coefficient (Wildman–Crippen LogP) is 2.81. The van der Waals surface area contributed by atoms with Crippen LogP contribution in [-0.4, -0.2) is 72.6 Å². The number of carbonyl (C=O) groups is 2. The fourth-order valence-corrected chi connectivity index (χ4v) is 5.39. The first kappa shape index (κ1) is 23.3. The van der Waals surface area contributed by atoms with Crippen LogP contribution in [0.1, 0.15) is 53.8 Å². The van der Waals surface area contributed by atoms with Crippen molar-refractivity contribution in [1.29, 1.82) is 0 Å². The number of imidazole rings is 2. The van der Waals surface area contributed by atoms with Crippen LogP contribution in [0.25, 0.3) is 0 Å². The van der Waals surface area contributed by atoms with Gasteiger partial charge in [-0.15, -0.1) is 0 Å². The first-order chi connectivity index (χ1) is 17.0. The van der Waals surface area contributed by atoms with E-state index in [9.17, 15) is 9.59 Å². The van der Waals surface area contributed by atoms with E-state index in [1.807, 2.05) is 17.0 Å². The minimum absolute atomic E-state index is 0.0540. The van der Waals surface area contributed by atoms with Crippen LogP contribution in [0.15, 0.2) is 49.1 Å². The van der Waals surface area contributed by atoms with Crippen LogP contribution in [0.5, 0.6) is 0 Å². The van der Waals surface area contributed by atoms with Gasteiger partial charge in [0.05, 0.1) is 13.1 Å². The van der Waals surface area contributed by atoms with Gasteiger partial charge in [-0.2, -0.15) is 0 Å². The summed E-state index contributed by atoms with van der Waals surface area (Å²) in [7, 11) is 0.